The first kappa shape index (κ1) is 14.7. The van der Waals surface area contributed by atoms with Crippen LogP contribution in [0.25, 0.3) is 5.69 Å². The molecule has 2 aromatic rings. The fourth-order valence-corrected chi connectivity index (χ4v) is 3.29. The van der Waals surface area contributed by atoms with Crippen molar-refractivity contribution >= 4 is 5.91 Å². The van der Waals surface area contributed by atoms with E-state index in [1.807, 2.05) is 4.57 Å². The molecule has 1 aliphatic rings. The summed E-state index contributed by atoms with van der Waals surface area (Å²) in [6.07, 6.45) is 4.50. The molecule has 5 nitrogen and oxygen atoms in total. The van der Waals surface area contributed by atoms with Crippen LogP contribution >= 0.6 is 0 Å². The Bertz CT molecular complexity index is 702. The van der Waals surface area contributed by atoms with Crippen molar-refractivity contribution in [3.63, 3.8) is 0 Å². The van der Waals surface area contributed by atoms with E-state index in [4.69, 9.17) is 5.73 Å². The maximum atomic E-state index is 11.2. The van der Waals surface area contributed by atoms with E-state index in [9.17, 15) is 15.0 Å². The maximum absolute atomic E-state index is 11.2. The second kappa shape index (κ2) is 5.85. The molecule has 1 aromatic heterocycles. The van der Waals surface area contributed by atoms with Crippen LogP contribution in [0.4, 0.5) is 0 Å². The zero-order valence-corrected chi connectivity index (χ0v) is 12.4. The van der Waals surface area contributed by atoms with Crippen LogP contribution in [0, 0.1) is 0 Å². The third kappa shape index (κ3) is 2.37. The van der Waals surface area contributed by atoms with Gasteiger partial charge in [0, 0.05) is 35.5 Å². The number of aromatic hydroxyl groups is 1. The van der Waals surface area contributed by atoms with Gasteiger partial charge in [0.25, 0.3) is 0 Å². The summed E-state index contributed by atoms with van der Waals surface area (Å²) in [7, 11) is 0. The minimum Gasteiger partial charge on any atom is -0.494 e. The number of aliphatic hydroxyl groups is 1. The minimum atomic E-state index is -0.466. The van der Waals surface area contributed by atoms with Gasteiger partial charge < -0.3 is 15.9 Å². The summed E-state index contributed by atoms with van der Waals surface area (Å²) >= 11 is 0. The van der Waals surface area contributed by atoms with Gasteiger partial charge in [-0.1, -0.05) is 0 Å². The molecule has 1 amide bonds. The quantitative estimate of drug-likeness (QED) is 0.803. The summed E-state index contributed by atoms with van der Waals surface area (Å²) in [5.74, 6) is -0.265. The highest BCUT2D eigenvalue weighted by atomic mass is 16.3. The fraction of sp³-hybridized carbons (Fsp3) is 0.353. The zero-order valence-electron chi connectivity index (χ0n) is 12.4. The van der Waals surface area contributed by atoms with Crippen LogP contribution in [0.15, 0.2) is 24.3 Å². The van der Waals surface area contributed by atoms with Crippen LogP contribution in [0.5, 0.6) is 5.88 Å². The van der Waals surface area contributed by atoms with Crippen LogP contribution in [0.3, 0.4) is 0 Å². The summed E-state index contributed by atoms with van der Waals surface area (Å²) in [6, 6.07) is 6.91. The molecule has 0 radical (unpaired) electrons. The van der Waals surface area contributed by atoms with Crippen LogP contribution in [0.2, 0.25) is 0 Å². The lowest BCUT2D eigenvalue weighted by Gasteiger charge is -2.16. The lowest BCUT2D eigenvalue weighted by Crippen LogP contribution is -2.11. The number of rotatable bonds is 4. The van der Waals surface area contributed by atoms with Crippen molar-refractivity contribution in [2.24, 2.45) is 5.73 Å². The highest BCUT2D eigenvalue weighted by Gasteiger charge is 2.24. The van der Waals surface area contributed by atoms with Crippen LogP contribution < -0.4 is 5.73 Å². The summed E-state index contributed by atoms with van der Waals surface area (Å²) in [6.45, 7) is 0.0185. The van der Waals surface area contributed by atoms with E-state index in [0.717, 1.165) is 48.2 Å². The highest BCUT2D eigenvalue weighted by molar-refractivity contribution is 5.92. The van der Waals surface area contributed by atoms with Gasteiger partial charge in [-0.25, -0.2) is 0 Å². The molecule has 22 heavy (non-hydrogen) atoms. The summed E-state index contributed by atoms with van der Waals surface area (Å²) in [4.78, 5) is 11.2. The van der Waals surface area contributed by atoms with Crippen molar-refractivity contribution in [2.75, 3.05) is 6.61 Å². The molecular formula is C17H20N2O3. The Kier molecular flexibility index (Phi) is 3.90. The maximum Gasteiger partial charge on any atom is 0.248 e. The molecular weight excluding hydrogens is 280 g/mol. The first-order valence-corrected chi connectivity index (χ1v) is 7.59. The van der Waals surface area contributed by atoms with Crippen LogP contribution in [-0.4, -0.2) is 27.3 Å². The standard InChI is InChI=1S/C17H20N2O3/c18-16(21)11-5-7-12(8-6-11)19-15-4-2-1-3-13(15)14(9-10-20)17(19)22/h5-8,20,22H,1-4,9-10H2,(H2,18,21). The molecule has 0 aliphatic heterocycles. The lowest BCUT2D eigenvalue weighted by atomic mass is 9.94. The zero-order chi connectivity index (χ0) is 15.7. The molecule has 0 fully saturated rings. The largest absolute Gasteiger partial charge is 0.494 e. The number of carbonyl (C=O) groups excluding carboxylic acids is 1. The number of fused-ring (bicyclic) bond motifs is 1. The molecule has 0 saturated heterocycles. The smallest absolute Gasteiger partial charge is 0.248 e. The number of carbonyl (C=O) groups is 1. The van der Waals surface area contributed by atoms with Gasteiger partial charge in [-0.15, -0.1) is 0 Å². The van der Waals surface area contributed by atoms with Gasteiger partial charge in [-0.2, -0.15) is 0 Å². The van der Waals surface area contributed by atoms with E-state index in [2.05, 4.69) is 0 Å². The van der Waals surface area contributed by atoms with Gasteiger partial charge in [-0.05, 0) is 55.5 Å². The van der Waals surface area contributed by atoms with Crippen molar-refractivity contribution in [3.05, 3.63) is 46.6 Å². The first-order chi connectivity index (χ1) is 10.6. The van der Waals surface area contributed by atoms with E-state index >= 15 is 0 Å². The van der Waals surface area contributed by atoms with E-state index in [-0.39, 0.29) is 12.5 Å². The van der Waals surface area contributed by atoms with E-state index in [1.165, 1.54) is 0 Å². The average Bonchev–Trinajstić information content (AvgIpc) is 2.80. The Labute approximate surface area is 129 Å². The molecule has 0 saturated carbocycles. The Morgan fingerprint density at radius 2 is 1.86 bits per heavy atom. The number of hydrogen-bond acceptors (Lipinski definition) is 3. The van der Waals surface area contributed by atoms with Crippen molar-refractivity contribution < 1.29 is 15.0 Å². The van der Waals surface area contributed by atoms with Crippen molar-refractivity contribution in [2.45, 2.75) is 32.1 Å². The number of nitrogens with zero attached hydrogens (tertiary/aromatic N) is 1. The number of hydrogen-bond donors (Lipinski definition) is 3. The Balaban J connectivity index is 2.11. The topological polar surface area (TPSA) is 88.5 Å². The molecule has 4 N–H and O–H groups in total. The normalized spacial score (nSPS) is 13.9. The molecule has 116 valence electrons. The molecule has 1 aromatic carbocycles. The van der Waals surface area contributed by atoms with Crippen molar-refractivity contribution in [1.82, 2.24) is 4.57 Å². The molecule has 1 heterocycles. The lowest BCUT2D eigenvalue weighted by molar-refractivity contribution is 0.100. The average molecular weight is 300 g/mol. The third-order valence-corrected chi connectivity index (χ3v) is 4.33. The molecule has 0 bridgehead atoms. The monoisotopic (exact) mass is 300 g/mol. The fourth-order valence-electron chi connectivity index (χ4n) is 3.29. The second-order valence-corrected chi connectivity index (χ2v) is 5.65. The van der Waals surface area contributed by atoms with Crippen molar-refractivity contribution in [1.29, 1.82) is 0 Å². The Morgan fingerprint density at radius 1 is 1.18 bits per heavy atom. The Morgan fingerprint density at radius 3 is 2.50 bits per heavy atom. The Hall–Kier alpha value is -2.27. The number of aliphatic hydroxyl groups excluding tert-OH is 1. The van der Waals surface area contributed by atoms with Gasteiger partial charge in [0.05, 0.1) is 0 Å². The van der Waals surface area contributed by atoms with Gasteiger partial charge in [-0.3, -0.25) is 9.36 Å². The number of nitrogens with two attached hydrogens (primary N) is 1. The first-order valence-electron chi connectivity index (χ1n) is 7.59. The predicted molar refractivity (Wildman–Crippen MR) is 83.4 cm³/mol. The number of aromatic nitrogens is 1. The summed E-state index contributed by atoms with van der Waals surface area (Å²) < 4.78 is 1.84. The molecule has 0 spiro atoms. The predicted octanol–water partition coefficient (Wildman–Crippen LogP) is 1.70. The molecule has 3 rings (SSSR count). The summed E-state index contributed by atoms with van der Waals surface area (Å²) in [5.41, 5.74) is 9.64. The molecule has 0 atom stereocenters. The molecule has 0 unspecified atom stereocenters. The SMILES string of the molecule is NC(=O)c1ccc(-n2c(O)c(CCO)c3c2CCCC3)cc1. The van der Waals surface area contributed by atoms with Gasteiger partial charge in [0.1, 0.15) is 0 Å². The number of amides is 1. The van der Waals surface area contributed by atoms with E-state index in [0.29, 0.717) is 12.0 Å². The summed E-state index contributed by atoms with van der Waals surface area (Å²) in [5, 5.41) is 19.9. The van der Waals surface area contributed by atoms with Gasteiger partial charge >= 0.3 is 0 Å². The van der Waals surface area contributed by atoms with Crippen LogP contribution in [-0.2, 0) is 19.3 Å². The highest BCUT2D eigenvalue weighted by Crippen LogP contribution is 2.36. The van der Waals surface area contributed by atoms with E-state index in [1.54, 1.807) is 24.3 Å². The van der Waals surface area contributed by atoms with Crippen molar-refractivity contribution in [3.8, 4) is 11.6 Å². The number of benzene rings is 1. The molecule has 1 aliphatic carbocycles. The second-order valence-electron chi connectivity index (χ2n) is 5.65. The third-order valence-electron chi connectivity index (χ3n) is 4.33. The van der Waals surface area contributed by atoms with Crippen LogP contribution in [0.1, 0.15) is 40.0 Å². The van der Waals surface area contributed by atoms with E-state index < -0.39 is 5.91 Å². The minimum absolute atomic E-state index is 0.0185. The van der Waals surface area contributed by atoms with Gasteiger partial charge in [0.15, 0.2) is 5.88 Å². The molecule has 5 heteroatoms. The van der Waals surface area contributed by atoms with Gasteiger partial charge in [0.2, 0.25) is 5.91 Å². The number of primary amides is 1.